The summed E-state index contributed by atoms with van der Waals surface area (Å²) in [6, 6.07) is 0.692. The number of carboxylic acids is 1. The number of rotatable bonds is 5. The Morgan fingerprint density at radius 3 is 2.72 bits per heavy atom. The lowest BCUT2D eigenvalue weighted by Gasteiger charge is -2.17. The van der Waals surface area contributed by atoms with E-state index in [2.05, 4.69) is 0 Å². The van der Waals surface area contributed by atoms with Crippen LogP contribution in [0.1, 0.15) is 36.2 Å². The monoisotopic (exact) mass is 390 g/mol. The Hall–Kier alpha value is -1.83. The second-order valence-corrected chi connectivity index (χ2v) is 6.38. The van der Waals surface area contributed by atoms with Crippen LogP contribution in [0.4, 0.5) is 4.39 Å². The zero-order valence-electron chi connectivity index (χ0n) is 13.3. The summed E-state index contributed by atoms with van der Waals surface area (Å²) in [5.41, 5.74) is 4.72. The molecule has 3 rings (SSSR count). The number of carboxylic acid groups (broad SMARTS) is 1. The number of aromatic nitrogens is 1. The van der Waals surface area contributed by atoms with Crippen molar-refractivity contribution in [2.24, 2.45) is 5.73 Å². The number of ether oxygens (including phenoxy) is 1. The number of pyridine rings is 1. The van der Waals surface area contributed by atoms with E-state index in [0.29, 0.717) is 0 Å². The highest BCUT2D eigenvalue weighted by molar-refractivity contribution is 6.36. The van der Waals surface area contributed by atoms with E-state index in [1.54, 1.807) is 11.5 Å². The molecular formula is C16H17Cl2FN2O4. The fourth-order valence-electron chi connectivity index (χ4n) is 2.56. The summed E-state index contributed by atoms with van der Waals surface area (Å²) in [7, 11) is 0. The van der Waals surface area contributed by atoms with Gasteiger partial charge in [-0.15, -0.1) is 12.4 Å². The summed E-state index contributed by atoms with van der Waals surface area (Å²) < 4.78 is 21.3. The molecule has 1 aliphatic carbocycles. The molecule has 1 fully saturated rings. The number of carbonyl (C=O) groups is 1. The highest BCUT2D eigenvalue weighted by Crippen LogP contribution is 2.41. The molecule has 0 bridgehead atoms. The minimum Gasteiger partial charge on any atom is -0.487 e. The maximum atomic E-state index is 14.3. The maximum absolute atomic E-state index is 14.3. The van der Waals surface area contributed by atoms with Crippen LogP contribution in [0.25, 0.3) is 10.9 Å². The predicted octanol–water partition coefficient (Wildman–Crippen LogP) is 2.97. The van der Waals surface area contributed by atoms with E-state index in [9.17, 15) is 19.1 Å². The normalized spacial score (nSPS) is 14.9. The number of nitrogens with zero attached hydrogens (tertiary/aromatic N) is 1. The standard InChI is InChI=1S/C16H16ClFN2O4.ClH/c1-7(19)6-24-15-11(18)4-9-13(12(15)17)20(8-2-3-8)5-10(14(9)21)16(22)23;/h4-5,7-8H,2-3,6,19H2,1H3,(H,22,23);1H/t7-;/m0./s1. The second-order valence-electron chi connectivity index (χ2n) is 6.00. The molecule has 0 radical (unpaired) electrons. The van der Waals surface area contributed by atoms with Crippen LogP contribution in [-0.4, -0.2) is 28.3 Å². The number of hydrogen-bond acceptors (Lipinski definition) is 4. The van der Waals surface area contributed by atoms with Gasteiger partial charge in [-0.2, -0.15) is 0 Å². The van der Waals surface area contributed by atoms with Crippen molar-refractivity contribution in [1.82, 2.24) is 4.57 Å². The van der Waals surface area contributed by atoms with E-state index < -0.39 is 22.8 Å². The van der Waals surface area contributed by atoms with E-state index in [1.807, 2.05) is 0 Å². The van der Waals surface area contributed by atoms with Crippen LogP contribution >= 0.6 is 24.0 Å². The van der Waals surface area contributed by atoms with Gasteiger partial charge in [0.15, 0.2) is 11.6 Å². The molecule has 0 amide bonds. The number of halogens is 3. The Bertz CT molecular complexity index is 894. The fraction of sp³-hybridized carbons (Fsp3) is 0.375. The van der Waals surface area contributed by atoms with Gasteiger partial charge in [0.1, 0.15) is 17.2 Å². The van der Waals surface area contributed by atoms with E-state index in [1.165, 1.54) is 6.20 Å². The maximum Gasteiger partial charge on any atom is 0.341 e. The van der Waals surface area contributed by atoms with E-state index >= 15 is 0 Å². The molecule has 0 unspecified atom stereocenters. The van der Waals surface area contributed by atoms with Crippen molar-refractivity contribution in [2.45, 2.75) is 31.8 Å². The minimum atomic E-state index is -1.36. The Labute approximate surface area is 153 Å². The zero-order valence-corrected chi connectivity index (χ0v) is 14.9. The van der Waals surface area contributed by atoms with Crippen molar-refractivity contribution in [3.05, 3.63) is 38.9 Å². The Morgan fingerprint density at radius 1 is 1.56 bits per heavy atom. The molecule has 1 aliphatic rings. The van der Waals surface area contributed by atoms with Gasteiger partial charge < -0.3 is 20.1 Å². The molecule has 0 aliphatic heterocycles. The van der Waals surface area contributed by atoms with Gasteiger partial charge in [-0.05, 0) is 25.8 Å². The fourth-order valence-corrected chi connectivity index (χ4v) is 2.91. The third-order valence-electron chi connectivity index (χ3n) is 3.83. The topological polar surface area (TPSA) is 94.6 Å². The van der Waals surface area contributed by atoms with Crippen LogP contribution in [0.5, 0.6) is 5.75 Å². The van der Waals surface area contributed by atoms with Gasteiger partial charge in [0.2, 0.25) is 5.43 Å². The first-order valence-corrected chi connectivity index (χ1v) is 7.87. The van der Waals surface area contributed by atoms with Crippen LogP contribution in [0, 0.1) is 5.82 Å². The molecule has 1 atom stereocenters. The van der Waals surface area contributed by atoms with Gasteiger partial charge in [-0.3, -0.25) is 4.79 Å². The van der Waals surface area contributed by atoms with Crippen LogP contribution in [0.2, 0.25) is 5.02 Å². The largest absolute Gasteiger partial charge is 0.487 e. The van der Waals surface area contributed by atoms with Crippen LogP contribution < -0.4 is 15.9 Å². The molecule has 1 aromatic heterocycles. The van der Waals surface area contributed by atoms with Gasteiger partial charge in [-0.1, -0.05) is 11.6 Å². The van der Waals surface area contributed by atoms with Crippen molar-refractivity contribution in [3.8, 4) is 5.75 Å². The lowest BCUT2D eigenvalue weighted by Crippen LogP contribution is -2.24. The number of benzene rings is 1. The predicted molar refractivity (Wildman–Crippen MR) is 94.8 cm³/mol. The molecule has 25 heavy (non-hydrogen) atoms. The molecule has 3 N–H and O–H groups in total. The molecule has 136 valence electrons. The van der Waals surface area contributed by atoms with Crippen LogP contribution in [0.3, 0.4) is 0 Å². The first-order chi connectivity index (χ1) is 11.3. The highest BCUT2D eigenvalue weighted by atomic mass is 35.5. The Kier molecular flexibility index (Phi) is 5.61. The highest BCUT2D eigenvalue weighted by Gasteiger charge is 2.29. The zero-order chi connectivity index (χ0) is 17.6. The average molecular weight is 391 g/mol. The van der Waals surface area contributed by atoms with E-state index in [-0.39, 0.29) is 52.8 Å². The smallest absolute Gasteiger partial charge is 0.341 e. The molecule has 2 aromatic rings. The van der Waals surface area contributed by atoms with Crippen molar-refractivity contribution in [1.29, 1.82) is 0 Å². The van der Waals surface area contributed by atoms with Gasteiger partial charge in [0.25, 0.3) is 0 Å². The molecule has 1 aromatic carbocycles. The lowest BCUT2D eigenvalue weighted by atomic mass is 10.1. The number of fused-ring (bicyclic) bond motifs is 1. The summed E-state index contributed by atoms with van der Waals surface area (Å²) >= 11 is 6.30. The molecule has 9 heteroatoms. The SMILES string of the molecule is C[C@H](N)COc1c(F)cc2c(=O)c(C(=O)O)cn(C3CC3)c2c1Cl.Cl. The second kappa shape index (κ2) is 7.19. The van der Waals surface area contributed by atoms with Gasteiger partial charge in [-0.25, -0.2) is 9.18 Å². The van der Waals surface area contributed by atoms with Gasteiger partial charge in [0.05, 0.1) is 10.9 Å². The van der Waals surface area contributed by atoms with Gasteiger partial charge >= 0.3 is 5.97 Å². The van der Waals surface area contributed by atoms with Crippen LogP contribution in [0.15, 0.2) is 17.1 Å². The Balaban J connectivity index is 0.00000225. The molecule has 6 nitrogen and oxygen atoms in total. The lowest BCUT2D eigenvalue weighted by molar-refractivity contribution is 0.0695. The quantitative estimate of drug-likeness (QED) is 0.817. The number of nitrogens with two attached hydrogens (primary N) is 1. The Morgan fingerprint density at radius 2 is 2.20 bits per heavy atom. The first kappa shape index (κ1) is 19.5. The summed E-state index contributed by atoms with van der Waals surface area (Å²) in [6.45, 7) is 1.76. The van der Waals surface area contributed by atoms with Crippen LogP contribution in [-0.2, 0) is 0 Å². The van der Waals surface area contributed by atoms with Crippen molar-refractivity contribution in [2.75, 3.05) is 6.61 Å². The molecule has 0 spiro atoms. The summed E-state index contributed by atoms with van der Waals surface area (Å²) in [4.78, 5) is 23.7. The van der Waals surface area contributed by atoms with Crippen molar-refractivity contribution in [3.63, 3.8) is 0 Å². The first-order valence-electron chi connectivity index (χ1n) is 7.49. The summed E-state index contributed by atoms with van der Waals surface area (Å²) in [5.74, 6) is -2.36. The molecule has 1 heterocycles. The number of hydrogen-bond donors (Lipinski definition) is 2. The summed E-state index contributed by atoms with van der Waals surface area (Å²) in [6.07, 6.45) is 2.94. The van der Waals surface area contributed by atoms with Crippen molar-refractivity contribution < 1.29 is 19.0 Å². The average Bonchev–Trinajstić information content (AvgIpc) is 3.32. The van der Waals surface area contributed by atoms with Crippen molar-refractivity contribution >= 4 is 40.9 Å². The van der Waals surface area contributed by atoms with Gasteiger partial charge in [0, 0.05) is 18.3 Å². The summed E-state index contributed by atoms with van der Waals surface area (Å²) in [5, 5.41) is 9.09. The third kappa shape index (κ3) is 3.58. The third-order valence-corrected chi connectivity index (χ3v) is 4.18. The molecule has 1 saturated carbocycles. The van der Waals surface area contributed by atoms with E-state index in [0.717, 1.165) is 18.9 Å². The minimum absolute atomic E-state index is 0. The molecular weight excluding hydrogens is 374 g/mol. The molecule has 0 saturated heterocycles. The van der Waals surface area contributed by atoms with E-state index in [4.69, 9.17) is 22.1 Å². The number of aromatic carboxylic acids is 1.